The summed E-state index contributed by atoms with van der Waals surface area (Å²) in [6, 6.07) is 68.2. The third kappa shape index (κ3) is 15.7. The first-order valence-corrected chi connectivity index (χ1v) is 27.6. The molecule has 0 aliphatic rings. The van der Waals surface area contributed by atoms with Crippen molar-refractivity contribution in [2.24, 2.45) is 0 Å². The van der Waals surface area contributed by atoms with Gasteiger partial charge in [-0.05, 0) is 109 Å². The van der Waals surface area contributed by atoms with E-state index in [1.807, 2.05) is 208 Å². The molecule has 420 valence electrons. The fraction of sp³-hybridized carbons (Fsp3) is 0.0290. The number of aromatic nitrogens is 13. The van der Waals surface area contributed by atoms with E-state index in [9.17, 15) is 0 Å². The maximum atomic E-state index is 4.50. The summed E-state index contributed by atoms with van der Waals surface area (Å²) in [6.07, 6.45) is 19.8. The molecule has 8 N–H and O–H groups in total. The van der Waals surface area contributed by atoms with Crippen molar-refractivity contribution in [3.63, 3.8) is 0 Å². The van der Waals surface area contributed by atoms with Gasteiger partial charge >= 0.3 is 0 Å². The summed E-state index contributed by atoms with van der Waals surface area (Å²) in [7, 11) is 0. The normalized spacial score (nSPS) is 10.4. The van der Waals surface area contributed by atoms with Crippen LogP contribution in [0.1, 0.15) is 11.1 Å². The average Bonchev–Trinajstić information content (AvgIpc) is 4.50. The quantitative estimate of drug-likeness (QED) is 0.0508. The molecule has 0 aliphatic carbocycles. The number of H-pyrrole nitrogens is 4. The third-order valence-corrected chi connectivity index (χ3v) is 13.0. The second-order valence-electron chi connectivity index (χ2n) is 19.5. The summed E-state index contributed by atoms with van der Waals surface area (Å²) < 4.78 is 0. The SMILES string of the molecule is Cc1ccc(Nc2ncc(-c3ccccc3)[nH]2)nc1.Cc1cccc(Nc2ncc(-c3ccnc(-c4ccccc4)c3)[nH]2)c1.c1ccc(-c2ccc(Nc3ncc(-c4cccnc4)[nH]3)cn2)cc1.c1ccc(Nc2ncc(-c3cccnc3)[nH]2)cc1. The topological polar surface area (TPSA) is 227 Å². The molecular formula is C69H59N17. The van der Waals surface area contributed by atoms with E-state index in [0.717, 1.165) is 108 Å². The van der Waals surface area contributed by atoms with Gasteiger partial charge < -0.3 is 41.2 Å². The van der Waals surface area contributed by atoms with Crippen molar-refractivity contribution in [3.8, 4) is 67.5 Å². The minimum Gasteiger partial charge on any atom is -0.326 e. The van der Waals surface area contributed by atoms with Gasteiger partial charge in [-0.1, -0.05) is 127 Å². The van der Waals surface area contributed by atoms with Crippen LogP contribution in [-0.2, 0) is 0 Å². The zero-order chi connectivity index (χ0) is 58.5. The number of para-hydroxylation sites is 1. The third-order valence-electron chi connectivity index (χ3n) is 13.0. The molecule has 5 aromatic carbocycles. The standard InChI is InChI=1S/C21H18N4.C19H15N5.C15H14N4.C14H12N4/c1-15-6-5-9-18(12-15)24-21-23-14-20(25-21)17-10-11-22-19(13-17)16-7-3-2-4-8-16;1-2-5-14(6-3-1)17-9-8-16(12-21-17)23-19-22-13-18(24-19)15-7-4-10-20-11-15;1-11-7-8-14(16-9-11)19-15-17-10-13(18-15)12-5-3-2-4-6-12;1-2-6-12(7-3-1)17-14-16-10-13(18-14)11-5-4-8-15-9-11/h2-14H,1H3,(H2,23,24,25);1-13H,(H2,22,23,24);2-10H,1H3,(H2,16,17,18,19);1-10H,(H2,16,17,18). The van der Waals surface area contributed by atoms with Crippen molar-refractivity contribution in [3.05, 3.63) is 286 Å². The predicted molar refractivity (Wildman–Crippen MR) is 344 cm³/mol. The van der Waals surface area contributed by atoms with Crippen molar-refractivity contribution < 1.29 is 0 Å². The van der Waals surface area contributed by atoms with Crippen molar-refractivity contribution in [2.75, 3.05) is 21.3 Å². The number of hydrogen-bond acceptors (Lipinski definition) is 13. The maximum absolute atomic E-state index is 4.50. The lowest BCUT2D eigenvalue weighted by atomic mass is 10.1. The van der Waals surface area contributed by atoms with Crippen molar-refractivity contribution in [2.45, 2.75) is 13.8 Å². The van der Waals surface area contributed by atoms with E-state index >= 15 is 0 Å². The largest absolute Gasteiger partial charge is 0.326 e. The number of imidazole rings is 4. The molecule has 0 fully saturated rings. The Labute approximate surface area is 497 Å². The maximum Gasteiger partial charge on any atom is 0.206 e. The second kappa shape index (κ2) is 28.0. The molecule has 0 bridgehead atoms. The molecule has 9 heterocycles. The summed E-state index contributed by atoms with van der Waals surface area (Å²) >= 11 is 0. The zero-order valence-corrected chi connectivity index (χ0v) is 47.0. The van der Waals surface area contributed by atoms with Crippen LogP contribution in [0.2, 0.25) is 0 Å². The molecule has 0 atom stereocenters. The lowest BCUT2D eigenvalue weighted by Crippen LogP contribution is -1.94. The highest BCUT2D eigenvalue weighted by atomic mass is 15.2. The lowest BCUT2D eigenvalue weighted by molar-refractivity contribution is 1.21. The smallest absolute Gasteiger partial charge is 0.206 e. The summed E-state index contributed by atoms with van der Waals surface area (Å²) in [5, 5.41) is 12.9. The van der Waals surface area contributed by atoms with Crippen molar-refractivity contribution in [1.29, 1.82) is 0 Å². The molecule has 0 spiro atoms. The monoisotopic (exact) mass is 1130 g/mol. The highest BCUT2D eigenvalue weighted by molar-refractivity contribution is 5.70. The lowest BCUT2D eigenvalue weighted by Gasteiger charge is -2.04. The summed E-state index contributed by atoms with van der Waals surface area (Å²) in [4.78, 5) is 51.8. The molecule has 14 aromatic rings. The number of aryl methyl sites for hydroxylation is 2. The number of pyridine rings is 5. The summed E-state index contributed by atoms with van der Waals surface area (Å²) in [5.74, 6) is 3.58. The van der Waals surface area contributed by atoms with Crippen LogP contribution >= 0.6 is 0 Å². The number of aromatic amines is 4. The van der Waals surface area contributed by atoms with Gasteiger partial charge in [-0.3, -0.25) is 19.9 Å². The first kappa shape index (κ1) is 55.8. The van der Waals surface area contributed by atoms with Crippen molar-refractivity contribution in [1.82, 2.24) is 64.8 Å². The molecule has 0 aliphatic heterocycles. The fourth-order valence-electron chi connectivity index (χ4n) is 8.72. The molecule has 0 saturated carbocycles. The van der Waals surface area contributed by atoms with E-state index in [0.29, 0.717) is 11.9 Å². The van der Waals surface area contributed by atoms with Gasteiger partial charge in [0.2, 0.25) is 23.8 Å². The average molecular weight is 1130 g/mol. The molecule has 17 nitrogen and oxygen atoms in total. The highest BCUT2D eigenvalue weighted by Crippen LogP contribution is 2.27. The minimum atomic E-state index is 0.670. The second-order valence-corrected chi connectivity index (χ2v) is 19.5. The van der Waals surface area contributed by atoms with Crippen LogP contribution in [0.4, 0.5) is 46.7 Å². The van der Waals surface area contributed by atoms with Crippen LogP contribution in [0.5, 0.6) is 0 Å². The van der Waals surface area contributed by atoms with Crippen LogP contribution in [0.3, 0.4) is 0 Å². The first-order valence-electron chi connectivity index (χ1n) is 27.6. The highest BCUT2D eigenvalue weighted by Gasteiger charge is 2.09. The Morgan fingerprint density at radius 1 is 0.267 bits per heavy atom. The summed E-state index contributed by atoms with van der Waals surface area (Å²) in [5.41, 5.74) is 17.3. The first-order chi connectivity index (χ1) is 42.4. The number of hydrogen-bond donors (Lipinski definition) is 8. The number of nitrogens with zero attached hydrogens (tertiary/aromatic N) is 9. The van der Waals surface area contributed by atoms with E-state index in [1.165, 1.54) is 5.56 Å². The Morgan fingerprint density at radius 3 is 1.28 bits per heavy atom. The predicted octanol–water partition coefficient (Wildman–Crippen LogP) is 16.2. The van der Waals surface area contributed by atoms with Gasteiger partial charge in [-0.15, -0.1) is 0 Å². The Kier molecular flexibility index (Phi) is 18.2. The number of benzene rings is 5. The van der Waals surface area contributed by atoms with Gasteiger partial charge in [0.15, 0.2) is 0 Å². The molecule has 9 aromatic heterocycles. The van der Waals surface area contributed by atoms with E-state index in [2.05, 4.69) is 123 Å². The fourth-order valence-corrected chi connectivity index (χ4v) is 8.72. The zero-order valence-electron chi connectivity index (χ0n) is 47.0. The van der Waals surface area contributed by atoms with Gasteiger partial charge in [-0.2, -0.15) is 0 Å². The molecule has 0 amide bonds. The molecule has 17 heteroatoms. The van der Waals surface area contributed by atoms with E-state index in [1.54, 1.807) is 43.4 Å². The van der Waals surface area contributed by atoms with Crippen LogP contribution in [0.25, 0.3) is 67.5 Å². The van der Waals surface area contributed by atoms with Crippen LogP contribution < -0.4 is 21.3 Å². The Bertz CT molecular complexity index is 4290. The van der Waals surface area contributed by atoms with E-state index < -0.39 is 0 Å². The Morgan fingerprint density at radius 2 is 0.756 bits per heavy atom. The molecular weight excluding hydrogens is 1070 g/mol. The van der Waals surface area contributed by atoms with Gasteiger partial charge in [0.05, 0.1) is 70.8 Å². The molecule has 14 rings (SSSR count). The number of nitrogens with one attached hydrogen (secondary N) is 8. The molecule has 0 saturated heterocycles. The van der Waals surface area contributed by atoms with Gasteiger partial charge in [0.1, 0.15) is 5.82 Å². The van der Waals surface area contributed by atoms with Crippen LogP contribution in [-0.4, -0.2) is 64.8 Å². The number of anilines is 8. The molecule has 86 heavy (non-hydrogen) atoms. The van der Waals surface area contributed by atoms with Crippen LogP contribution in [0.15, 0.2) is 274 Å². The van der Waals surface area contributed by atoms with Gasteiger partial charge in [0.25, 0.3) is 0 Å². The van der Waals surface area contributed by atoms with Crippen molar-refractivity contribution >= 4 is 46.7 Å². The van der Waals surface area contributed by atoms with E-state index in [-0.39, 0.29) is 0 Å². The Hall–Kier alpha value is -12.1. The number of rotatable bonds is 14. The Balaban J connectivity index is 0.000000120. The molecule has 0 radical (unpaired) electrons. The van der Waals surface area contributed by atoms with Crippen LogP contribution in [0, 0.1) is 13.8 Å². The van der Waals surface area contributed by atoms with Gasteiger partial charge in [0, 0.05) is 76.4 Å². The molecule has 0 unspecified atom stereocenters. The minimum absolute atomic E-state index is 0.670. The van der Waals surface area contributed by atoms with E-state index in [4.69, 9.17) is 0 Å². The summed E-state index contributed by atoms with van der Waals surface area (Å²) in [6.45, 7) is 4.08. The van der Waals surface area contributed by atoms with Gasteiger partial charge in [-0.25, -0.2) is 24.9 Å².